The SMILES string of the molecule is Cc1nn(C)cc1C(CN)NC1CCCC1CO. The van der Waals surface area contributed by atoms with Crippen molar-refractivity contribution in [3.63, 3.8) is 0 Å². The zero-order chi connectivity index (χ0) is 13.1. The van der Waals surface area contributed by atoms with E-state index < -0.39 is 0 Å². The van der Waals surface area contributed by atoms with Crippen LogP contribution in [-0.2, 0) is 7.05 Å². The number of hydrogen-bond donors (Lipinski definition) is 3. The first-order valence-corrected chi connectivity index (χ1v) is 6.72. The Hall–Kier alpha value is -0.910. The van der Waals surface area contributed by atoms with Gasteiger partial charge in [0, 0.05) is 44.0 Å². The van der Waals surface area contributed by atoms with Gasteiger partial charge in [-0.05, 0) is 25.7 Å². The van der Waals surface area contributed by atoms with E-state index in [-0.39, 0.29) is 12.6 Å². The van der Waals surface area contributed by atoms with Crippen LogP contribution in [0, 0.1) is 12.8 Å². The fraction of sp³-hybridized carbons (Fsp3) is 0.769. The van der Waals surface area contributed by atoms with Crippen molar-refractivity contribution in [3.8, 4) is 0 Å². The molecule has 1 aromatic heterocycles. The van der Waals surface area contributed by atoms with E-state index >= 15 is 0 Å². The molecule has 0 aliphatic heterocycles. The maximum Gasteiger partial charge on any atom is 0.0641 e. The molecule has 0 bridgehead atoms. The molecule has 1 fully saturated rings. The highest BCUT2D eigenvalue weighted by Gasteiger charge is 2.29. The lowest BCUT2D eigenvalue weighted by Gasteiger charge is -2.25. The molecule has 5 heteroatoms. The Morgan fingerprint density at radius 3 is 2.94 bits per heavy atom. The van der Waals surface area contributed by atoms with Gasteiger partial charge in [0.25, 0.3) is 0 Å². The van der Waals surface area contributed by atoms with Crippen LogP contribution >= 0.6 is 0 Å². The number of aliphatic hydroxyl groups is 1. The Labute approximate surface area is 108 Å². The summed E-state index contributed by atoms with van der Waals surface area (Å²) in [7, 11) is 1.93. The standard InChI is InChI=1S/C13H24N4O/c1-9-11(7-17(2)16-9)13(6-14)15-12-5-3-4-10(12)8-18/h7,10,12-13,15,18H,3-6,8,14H2,1-2H3. The third-order valence-corrected chi connectivity index (χ3v) is 3.97. The molecule has 1 aromatic rings. The van der Waals surface area contributed by atoms with Crippen LogP contribution in [-0.4, -0.2) is 34.1 Å². The predicted molar refractivity (Wildman–Crippen MR) is 71.1 cm³/mol. The number of aliphatic hydroxyl groups excluding tert-OH is 1. The largest absolute Gasteiger partial charge is 0.396 e. The van der Waals surface area contributed by atoms with Gasteiger partial charge in [0.2, 0.25) is 0 Å². The first kappa shape index (κ1) is 13.5. The van der Waals surface area contributed by atoms with Crippen molar-refractivity contribution >= 4 is 0 Å². The van der Waals surface area contributed by atoms with E-state index in [1.807, 2.05) is 24.9 Å². The molecule has 0 radical (unpaired) electrons. The van der Waals surface area contributed by atoms with Crippen LogP contribution in [0.5, 0.6) is 0 Å². The van der Waals surface area contributed by atoms with E-state index in [0.717, 1.165) is 18.5 Å². The van der Waals surface area contributed by atoms with Gasteiger partial charge in [0.15, 0.2) is 0 Å². The lowest BCUT2D eigenvalue weighted by molar-refractivity contribution is 0.199. The van der Waals surface area contributed by atoms with E-state index in [4.69, 9.17) is 5.73 Å². The monoisotopic (exact) mass is 252 g/mol. The highest BCUT2D eigenvalue weighted by atomic mass is 16.3. The van der Waals surface area contributed by atoms with Gasteiger partial charge in [-0.1, -0.05) is 6.42 Å². The molecular weight excluding hydrogens is 228 g/mol. The number of nitrogens with one attached hydrogen (secondary N) is 1. The topological polar surface area (TPSA) is 76.1 Å². The summed E-state index contributed by atoms with van der Waals surface area (Å²) in [6.07, 6.45) is 5.45. The molecular formula is C13H24N4O. The fourth-order valence-electron chi connectivity index (χ4n) is 2.98. The number of hydrogen-bond acceptors (Lipinski definition) is 4. The minimum Gasteiger partial charge on any atom is -0.396 e. The molecule has 102 valence electrons. The third kappa shape index (κ3) is 2.74. The molecule has 4 N–H and O–H groups in total. The van der Waals surface area contributed by atoms with Crippen LogP contribution in [0.3, 0.4) is 0 Å². The molecule has 5 nitrogen and oxygen atoms in total. The number of rotatable bonds is 5. The molecule has 1 heterocycles. The van der Waals surface area contributed by atoms with Crippen molar-refractivity contribution in [2.75, 3.05) is 13.2 Å². The molecule has 0 saturated heterocycles. The quantitative estimate of drug-likeness (QED) is 0.712. The molecule has 1 aliphatic rings. The average Bonchev–Trinajstić information content (AvgIpc) is 2.92. The van der Waals surface area contributed by atoms with Crippen LogP contribution in [0.1, 0.15) is 36.6 Å². The maximum atomic E-state index is 9.36. The van der Waals surface area contributed by atoms with Crippen molar-refractivity contribution < 1.29 is 5.11 Å². The molecule has 3 unspecified atom stereocenters. The van der Waals surface area contributed by atoms with Crippen LogP contribution in [0.15, 0.2) is 6.20 Å². The smallest absolute Gasteiger partial charge is 0.0641 e. The minimum absolute atomic E-state index is 0.135. The van der Waals surface area contributed by atoms with E-state index in [9.17, 15) is 5.11 Å². The molecule has 18 heavy (non-hydrogen) atoms. The molecule has 0 aromatic carbocycles. The second-order valence-electron chi connectivity index (χ2n) is 5.28. The Balaban J connectivity index is 2.07. The summed E-state index contributed by atoms with van der Waals surface area (Å²) in [6.45, 7) is 2.83. The highest BCUT2D eigenvalue weighted by Crippen LogP contribution is 2.27. The number of nitrogens with zero attached hydrogens (tertiary/aromatic N) is 2. The van der Waals surface area contributed by atoms with E-state index in [2.05, 4.69) is 10.4 Å². The molecule has 0 spiro atoms. The van der Waals surface area contributed by atoms with Gasteiger partial charge < -0.3 is 16.2 Å². The Bertz CT molecular complexity index is 390. The summed E-state index contributed by atoms with van der Waals surface area (Å²) in [5, 5.41) is 17.3. The average molecular weight is 252 g/mol. The zero-order valence-electron chi connectivity index (χ0n) is 11.3. The molecule has 3 atom stereocenters. The van der Waals surface area contributed by atoms with Crippen molar-refractivity contribution in [1.82, 2.24) is 15.1 Å². The van der Waals surface area contributed by atoms with Gasteiger partial charge in [-0.15, -0.1) is 0 Å². The number of aromatic nitrogens is 2. The fourth-order valence-corrected chi connectivity index (χ4v) is 2.98. The molecule has 2 rings (SSSR count). The van der Waals surface area contributed by atoms with Gasteiger partial charge >= 0.3 is 0 Å². The number of aryl methyl sites for hydroxylation is 2. The van der Waals surface area contributed by atoms with Crippen LogP contribution in [0.2, 0.25) is 0 Å². The predicted octanol–water partition coefficient (Wildman–Crippen LogP) is 0.479. The summed E-state index contributed by atoms with van der Waals surface area (Å²) in [5.41, 5.74) is 8.08. The van der Waals surface area contributed by atoms with E-state index in [0.29, 0.717) is 18.5 Å². The van der Waals surface area contributed by atoms with Crippen LogP contribution < -0.4 is 11.1 Å². The third-order valence-electron chi connectivity index (χ3n) is 3.97. The van der Waals surface area contributed by atoms with Crippen molar-refractivity contribution in [1.29, 1.82) is 0 Å². The normalized spacial score (nSPS) is 25.6. The lowest BCUT2D eigenvalue weighted by Crippen LogP contribution is -2.40. The second-order valence-corrected chi connectivity index (χ2v) is 5.28. The molecule has 1 aliphatic carbocycles. The van der Waals surface area contributed by atoms with Gasteiger partial charge in [-0.25, -0.2) is 0 Å². The molecule has 1 saturated carbocycles. The summed E-state index contributed by atoms with van der Waals surface area (Å²) >= 11 is 0. The van der Waals surface area contributed by atoms with Gasteiger partial charge in [0.05, 0.1) is 5.69 Å². The second kappa shape index (κ2) is 5.82. The van der Waals surface area contributed by atoms with Crippen LogP contribution in [0.25, 0.3) is 0 Å². The first-order chi connectivity index (χ1) is 8.65. The Morgan fingerprint density at radius 2 is 2.39 bits per heavy atom. The zero-order valence-corrected chi connectivity index (χ0v) is 11.3. The first-order valence-electron chi connectivity index (χ1n) is 6.72. The summed E-state index contributed by atoms with van der Waals surface area (Å²) in [5.74, 6) is 0.371. The van der Waals surface area contributed by atoms with Crippen LogP contribution in [0.4, 0.5) is 0 Å². The van der Waals surface area contributed by atoms with Gasteiger partial charge in [0.1, 0.15) is 0 Å². The van der Waals surface area contributed by atoms with E-state index in [1.54, 1.807) is 0 Å². The van der Waals surface area contributed by atoms with Crippen molar-refractivity contribution in [2.45, 2.75) is 38.3 Å². The van der Waals surface area contributed by atoms with E-state index in [1.165, 1.54) is 12.0 Å². The highest BCUT2D eigenvalue weighted by molar-refractivity contribution is 5.20. The number of nitrogens with two attached hydrogens (primary N) is 1. The van der Waals surface area contributed by atoms with Gasteiger partial charge in [-0.3, -0.25) is 4.68 Å². The lowest BCUT2D eigenvalue weighted by atomic mass is 10.0. The molecule has 0 amide bonds. The van der Waals surface area contributed by atoms with Gasteiger partial charge in [-0.2, -0.15) is 5.10 Å². The van der Waals surface area contributed by atoms with Crippen molar-refractivity contribution in [2.24, 2.45) is 18.7 Å². The minimum atomic E-state index is 0.135. The summed E-state index contributed by atoms with van der Waals surface area (Å²) < 4.78 is 1.83. The summed E-state index contributed by atoms with van der Waals surface area (Å²) in [4.78, 5) is 0. The Morgan fingerprint density at radius 1 is 1.61 bits per heavy atom. The summed E-state index contributed by atoms with van der Waals surface area (Å²) in [6, 6.07) is 0.513. The maximum absolute atomic E-state index is 9.36. The Kier molecular flexibility index (Phi) is 4.37. The van der Waals surface area contributed by atoms with Crippen molar-refractivity contribution in [3.05, 3.63) is 17.5 Å².